The lowest BCUT2D eigenvalue weighted by Crippen LogP contribution is -2.61. The van der Waals surface area contributed by atoms with E-state index < -0.39 is 52.6 Å². The Kier molecular flexibility index (Phi) is 10.3. The maximum Gasteiger partial charge on any atom is 0.315 e. The predicted octanol–water partition coefficient (Wildman–Crippen LogP) is 2.38. The fourth-order valence-corrected chi connectivity index (χ4v) is 5.99. The zero-order chi connectivity index (χ0) is 34.0. The molecule has 1 heterocycles. The van der Waals surface area contributed by atoms with Crippen molar-refractivity contribution in [2.75, 3.05) is 27.2 Å². The van der Waals surface area contributed by atoms with E-state index in [9.17, 15) is 28.8 Å². The molecule has 5 atom stereocenters. The summed E-state index contributed by atoms with van der Waals surface area (Å²) in [7, 11) is 2.90. The Morgan fingerprint density at radius 2 is 1.74 bits per heavy atom. The molecule has 0 bridgehead atoms. The van der Waals surface area contributed by atoms with Crippen molar-refractivity contribution in [1.29, 1.82) is 0 Å². The lowest BCUT2D eigenvalue weighted by molar-refractivity contribution is -0.144. The smallest absolute Gasteiger partial charge is 0.315 e. The van der Waals surface area contributed by atoms with Crippen LogP contribution in [0.15, 0.2) is 35.9 Å². The number of methoxy groups -OCH3 is 1. The lowest BCUT2D eigenvalue weighted by Gasteiger charge is -2.37. The molecule has 3 aliphatic rings. The van der Waals surface area contributed by atoms with Gasteiger partial charge in [0.1, 0.15) is 23.9 Å². The van der Waals surface area contributed by atoms with Gasteiger partial charge in [-0.05, 0) is 54.1 Å². The number of hydrogen-bond acceptors (Lipinski definition) is 7. The Bertz CT molecular complexity index is 1430. The molecule has 0 spiro atoms. The van der Waals surface area contributed by atoms with Crippen LogP contribution >= 0.6 is 0 Å². The fraction of sp³-hybridized carbons (Fsp3) is 0.588. The molecule has 2 fully saturated rings. The molecule has 1 aromatic carbocycles. The molecule has 2 aliphatic carbocycles. The van der Waals surface area contributed by atoms with Crippen LogP contribution in [0.25, 0.3) is 0 Å². The third kappa shape index (κ3) is 8.52. The molecule has 12 nitrogen and oxygen atoms in total. The number of carbonyl (C=O) groups excluding carboxylic acids is 6. The summed E-state index contributed by atoms with van der Waals surface area (Å²) in [5.74, 6) is -1.76. The first kappa shape index (κ1) is 34.6. The highest BCUT2D eigenvalue weighted by molar-refractivity contribution is 6.38. The third-order valence-corrected chi connectivity index (χ3v) is 8.89. The number of fused-ring (bicyclic) bond motifs is 1. The van der Waals surface area contributed by atoms with Gasteiger partial charge in [-0.25, -0.2) is 4.79 Å². The molecular formula is C34H47N5O7. The molecule has 1 saturated heterocycles. The molecular weight excluding hydrogens is 590 g/mol. The number of ether oxygens (including phenoxy) is 1. The van der Waals surface area contributed by atoms with Gasteiger partial charge in [0.2, 0.25) is 17.6 Å². The minimum absolute atomic E-state index is 0.0443. The Balaban J connectivity index is 1.40. The van der Waals surface area contributed by atoms with Crippen LogP contribution in [0.1, 0.15) is 70.7 Å². The monoisotopic (exact) mass is 637 g/mol. The molecule has 1 aromatic rings. The van der Waals surface area contributed by atoms with E-state index in [2.05, 4.69) is 21.3 Å². The van der Waals surface area contributed by atoms with Crippen LogP contribution in [0.5, 0.6) is 5.75 Å². The second-order valence-corrected chi connectivity index (χ2v) is 14.5. The Morgan fingerprint density at radius 3 is 2.35 bits per heavy atom. The summed E-state index contributed by atoms with van der Waals surface area (Å²) in [6.07, 6.45) is 3.89. The maximum atomic E-state index is 14.0. The van der Waals surface area contributed by atoms with Crippen LogP contribution < -0.4 is 26.0 Å². The SMILES string of the molecule is CNC(=O)C(=O)C(CC1=CC1)NC(=O)[C@@H]1[C@H]2C[C@H]2CN1C(=O)[C@@H](NC(=O)NCC(C)(C)CC(=O)c1cccc(OC)c1)C(C)(C)C. The molecule has 4 rings (SSSR count). The van der Waals surface area contributed by atoms with Crippen LogP contribution in [0.3, 0.4) is 0 Å². The van der Waals surface area contributed by atoms with Crippen molar-refractivity contribution < 1.29 is 33.5 Å². The van der Waals surface area contributed by atoms with E-state index in [0.29, 0.717) is 17.9 Å². The Morgan fingerprint density at radius 1 is 1.04 bits per heavy atom. The van der Waals surface area contributed by atoms with Crippen molar-refractivity contribution in [3.05, 3.63) is 41.5 Å². The minimum Gasteiger partial charge on any atom is -0.497 e. The van der Waals surface area contributed by atoms with Crippen molar-refractivity contribution in [1.82, 2.24) is 26.2 Å². The number of nitrogens with zero attached hydrogens (tertiary/aromatic N) is 1. The molecule has 12 heteroatoms. The number of carbonyl (C=O) groups is 6. The highest BCUT2D eigenvalue weighted by Crippen LogP contribution is 2.50. The summed E-state index contributed by atoms with van der Waals surface area (Å²) in [6, 6.07) is 3.58. The van der Waals surface area contributed by atoms with Crippen molar-refractivity contribution in [3.8, 4) is 5.75 Å². The number of nitrogens with one attached hydrogen (secondary N) is 4. The molecule has 0 aromatic heterocycles. The van der Waals surface area contributed by atoms with Crippen molar-refractivity contribution in [2.24, 2.45) is 22.7 Å². The number of piperidine rings is 1. The van der Waals surface area contributed by atoms with Gasteiger partial charge in [-0.2, -0.15) is 0 Å². The zero-order valence-electron chi connectivity index (χ0n) is 27.8. The highest BCUT2D eigenvalue weighted by Gasteiger charge is 2.58. The zero-order valence-corrected chi connectivity index (χ0v) is 27.8. The van der Waals surface area contributed by atoms with Crippen LogP contribution in [-0.2, 0) is 19.2 Å². The van der Waals surface area contributed by atoms with E-state index in [1.54, 1.807) is 24.3 Å². The second kappa shape index (κ2) is 13.6. The maximum absolute atomic E-state index is 14.0. The molecule has 5 amide bonds. The number of likely N-dealkylation sites (N-methyl/N-ethyl adjacent to an activating group) is 1. The number of ketones is 2. The molecule has 1 aliphatic heterocycles. The van der Waals surface area contributed by atoms with Crippen molar-refractivity contribution in [3.63, 3.8) is 0 Å². The van der Waals surface area contributed by atoms with Gasteiger partial charge in [0.15, 0.2) is 5.78 Å². The number of urea groups is 1. The standard InChI is InChI=1S/C34H47N5O7/c1-33(2,3)28(38-32(45)36-18-34(4,5)16-25(40)20-9-8-10-22(14-20)46-7)31(44)39-17-21-15-23(21)26(39)29(42)37-24(13-19-11-12-19)27(41)30(43)35-6/h8-11,14,21,23-24,26,28H,12-13,15-18H2,1-7H3,(H,35,43)(H,37,42)(H2,36,38,45)/t21-,23-,24?,26-,28+/m0/s1. The van der Waals surface area contributed by atoms with Gasteiger partial charge >= 0.3 is 6.03 Å². The first-order chi connectivity index (χ1) is 21.5. The van der Waals surface area contributed by atoms with Gasteiger partial charge < -0.3 is 30.9 Å². The summed E-state index contributed by atoms with van der Waals surface area (Å²) >= 11 is 0. The average Bonchev–Trinajstić information content (AvgIpc) is 3.94. The number of hydrogen-bond donors (Lipinski definition) is 4. The van der Waals surface area contributed by atoms with E-state index in [4.69, 9.17) is 4.74 Å². The third-order valence-electron chi connectivity index (χ3n) is 8.89. The Labute approximate surface area is 270 Å². The Hall–Kier alpha value is -4.22. The average molecular weight is 638 g/mol. The van der Waals surface area contributed by atoms with Crippen molar-refractivity contribution in [2.45, 2.75) is 78.4 Å². The number of amides is 5. The van der Waals surface area contributed by atoms with E-state index in [1.807, 2.05) is 40.7 Å². The van der Waals surface area contributed by atoms with Gasteiger partial charge in [0, 0.05) is 32.1 Å². The summed E-state index contributed by atoms with van der Waals surface area (Å²) in [6.45, 7) is 9.80. The van der Waals surface area contributed by atoms with E-state index in [1.165, 1.54) is 19.1 Å². The summed E-state index contributed by atoms with van der Waals surface area (Å²) < 4.78 is 5.22. The van der Waals surface area contributed by atoms with E-state index in [-0.39, 0.29) is 42.9 Å². The quantitative estimate of drug-likeness (QED) is 0.138. The molecule has 4 N–H and O–H groups in total. The number of allylic oxidation sites excluding steroid dienone is 1. The van der Waals surface area contributed by atoms with E-state index in [0.717, 1.165) is 18.4 Å². The second-order valence-electron chi connectivity index (χ2n) is 14.5. The summed E-state index contributed by atoms with van der Waals surface area (Å²) in [4.78, 5) is 80.1. The van der Waals surface area contributed by atoms with Crippen LogP contribution in [0.2, 0.25) is 0 Å². The van der Waals surface area contributed by atoms with Gasteiger partial charge in [0.25, 0.3) is 5.91 Å². The molecule has 46 heavy (non-hydrogen) atoms. The number of rotatable bonds is 14. The van der Waals surface area contributed by atoms with Gasteiger partial charge in [0.05, 0.1) is 7.11 Å². The largest absolute Gasteiger partial charge is 0.497 e. The predicted molar refractivity (Wildman–Crippen MR) is 171 cm³/mol. The number of Topliss-reactive ketones (excluding diaryl/α,β-unsaturated/α-hetero) is 2. The molecule has 1 unspecified atom stereocenters. The number of likely N-dealkylation sites (tertiary alicyclic amines) is 1. The van der Waals surface area contributed by atoms with Crippen LogP contribution in [-0.4, -0.2) is 85.6 Å². The van der Waals surface area contributed by atoms with Crippen molar-refractivity contribution >= 4 is 35.3 Å². The summed E-state index contributed by atoms with van der Waals surface area (Å²) in [5, 5.41) is 10.7. The number of benzene rings is 1. The minimum atomic E-state index is -1.02. The van der Waals surface area contributed by atoms with Gasteiger partial charge in [-0.1, -0.05) is 58.4 Å². The first-order valence-electron chi connectivity index (χ1n) is 15.8. The molecule has 250 valence electrons. The summed E-state index contributed by atoms with van der Waals surface area (Å²) in [5.41, 5.74) is 0.224. The normalized spacial score (nSPS) is 21.2. The first-order valence-corrected chi connectivity index (χ1v) is 15.8. The highest BCUT2D eigenvalue weighted by atomic mass is 16.5. The topological polar surface area (TPSA) is 163 Å². The lowest BCUT2D eigenvalue weighted by atomic mass is 9.85. The molecule has 0 radical (unpaired) electrons. The fourth-order valence-electron chi connectivity index (χ4n) is 5.99. The molecule has 1 saturated carbocycles. The van der Waals surface area contributed by atoms with Crippen LogP contribution in [0, 0.1) is 22.7 Å². The van der Waals surface area contributed by atoms with Crippen LogP contribution in [0.4, 0.5) is 4.79 Å². The van der Waals surface area contributed by atoms with Gasteiger partial charge in [-0.15, -0.1) is 0 Å². The van der Waals surface area contributed by atoms with E-state index >= 15 is 0 Å². The van der Waals surface area contributed by atoms with Gasteiger partial charge in [-0.3, -0.25) is 24.0 Å².